The van der Waals surface area contributed by atoms with Crippen LogP contribution in [0, 0.1) is 0 Å². The summed E-state index contributed by atoms with van der Waals surface area (Å²) < 4.78 is 10.3. The second kappa shape index (κ2) is 7.39. The summed E-state index contributed by atoms with van der Waals surface area (Å²) in [7, 11) is 4.10. The van der Waals surface area contributed by atoms with Crippen molar-refractivity contribution in [2.45, 2.75) is 25.6 Å². The quantitative estimate of drug-likeness (QED) is 0.678. The van der Waals surface area contributed by atoms with Gasteiger partial charge in [0, 0.05) is 51.8 Å². The van der Waals surface area contributed by atoms with Gasteiger partial charge in [-0.3, -0.25) is 9.88 Å². The maximum atomic E-state index is 6.07. The Labute approximate surface area is 153 Å². The monoisotopic (exact) mass is 352 g/mol. The highest BCUT2D eigenvalue weighted by atomic mass is 16.5. The van der Waals surface area contributed by atoms with E-state index in [1.54, 1.807) is 6.20 Å². The van der Waals surface area contributed by atoms with E-state index in [0.29, 0.717) is 13.2 Å². The molecule has 0 fully saturated rings. The molecule has 1 aliphatic heterocycles. The molecule has 1 aliphatic rings. The van der Waals surface area contributed by atoms with Gasteiger partial charge in [0.25, 0.3) is 0 Å². The standard InChI is InChI=1S/C19H24N6O/c1-23-9-7-21-18(23)11-25-8-5-16-19(24(2)14-22-16)17(25)13-26-12-15-4-3-6-20-10-15/h3-4,6-7,9-10,14,17H,5,8,11-13H2,1-2H3/t17-/m1/s1. The van der Waals surface area contributed by atoms with E-state index in [1.165, 1.54) is 11.4 Å². The summed E-state index contributed by atoms with van der Waals surface area (Å²) >= 11 is 0. The average Bonchev–Trinajstić information content (AvgIpc) is 3.23. The number of ether oxygens (including phenoxy) is 1. The molecule has 0 aromatic carbocycles. The highest BCUT2D eigenvalue weighted by Crippen LogP contribution is 2.30. The second-order valence-corrected chi connectivity index (χ2v) is 6.75. The average molecular weight is 352 g/mol. The van der Waals surface area contributed by atoms with E-state index >= 15 is 0 Å². The predicted octanol–water partition coefficient (Wildman–Crippen LogP) is 1.86. The minimum atomic E-state index is 0.166. The predicted molar refractivity (Wildman–Crippen MR) is 97.2 cm³/mol. The number of pyridine rings is 1. The lowest BCUT2D eigenvalue weighted by atomic mass is 10.0. The van der Waals surface area contributed by atoms with E-state index in [2.05, 4.69) is 36.0 Å². The van der Waals surface area contributed by atoms with Crippen molar-refractivity contribution >= 4 is 0 Å². The molecule has 4 rings (SSSR count). The third-order valence-electron chi connectivity index (χ3n) is 4.99. The van der Waals surface area contributed by atoms with Gasteiger partial charge in [-0.1, -0.05) is 6.07 Å². The Hall–Kier alpha value is -2.51. The smallest absolute Gasteiger partial charge is 0.122 e. The van der Waals surface area contributed by atoms with Gasteiger partial charge in [0.2, 0.25) is 0 Å². The highest BCUT2D eigenvalue weighted by Gasteiger charge is 2.31. The number of fused-ring (bicyclic) bond motifs is 1. The van der Waals surface area contributed by atoms with Crippen LogP contribution in [-0.2, 0) is 38.4 Å². The molecule has 136 valence electrons. The summed E-state index contributed by atoms with van der Waals surface area (Å²) in [5, 5.41) is 0. The zero-order valence-electron chi connectivity index (χ0n) is 15.2. The van der Waals surface area contributed by atoms with Crippen molar-refractivity contribution in [3.05, 3.63) is 66.0 Å². The van der Waals surface area contributed by atoms with Gasteiger partial charge in [-0.25, -0.2) is 9.97 Å². The topological polar surface area (TPSA) is 61.0 Å². The maximum absolute atomic E-state index is 6.07. The van der Waals surface area contributed by atoms with Crippen molar-refractivity contribution in [2.24, 2.45) is 14.1 Å². The number of rotatable bonds is 6. The van der Waals surface area contributed by atoms with Gasteiger partial charge in [0.1, 0.15) is 5.82 Å². The van der Waals surface area contributed by atoms with Gasteiger partial charge < -0.3 is 13.9 Å². The van der Waals surface area contributed by atoms with Crippen LogP contribution in [0.1, 0.15) is 28.8 Å². The molecule has 0 aliphatic carbocycles. The van der Waals surface area contributed by atoms with Gasteiger partial charge in [0.05, 0.1) is 43.5 Å². The van der Waals surface area contributed by atoms with Gasteiger partial charge in [-0.15, -0.1) is 0 Å². The van der Waals surface area contributed by atoms with Crippen LogP contribution in [0.25, 0.3) is 0 Å². The molecule has 7 nitrogen and oxygen atoms in total. The van der Waals surface area contributed by atoms with Gasteiger partial charge in [-0.05, 0) is 11.6 Å². The molecule has 0 radical (unpaired) electrons. The third-order valence-corrected chi connectivity index (χ3v) is 4.99. The fourth-order valence-corrected chi connectivity index (χ4v) is 3.56. The normalized spacial score (nSPS) is 17.4. The van der Waals surface area contributed by atoms with Crippen molar-refractivity contribution in [2.75, 3.05) is 13.2 Å². The largest absolute Gasteiger partial charge is 0.375 e. The summed E-state index contributed by atoms with van der Waals surface area (Å²) in [5.41, 5.74) is 3.51. The van der Waals surface area contributed by atoms with Gasteiger partial charge in [-0.2, -0.15) is 0 Å². The van der Waals surface area contributed by atoms with Crippen LogP contribution in [0.4, 0.5) is 0 Å². The Morgan fingerprint density at radius 1 is 1.19 bits per heavy atom. The molecule has 0 unspecified atom stereocenters. The lowest BCUT2D eigenvalue weighted by Gasteiger charge is -2.35. The van der Waals surface area contributed by atoms with Crippen molar-refractivity contribution in [1.29, 1.82) is 0 Å². The Bertz CT molecular complexity index is 856. The second-order valence-electron chi connectivity index (χ2n) is 6.75. The van der Waals surface area contributed by atoms with Crippen molar-refractivity contribution < 1.29 is 4.74 Å². The molecule has 26 heavy (non-hydrogen) atoms. The van der Waals surface area contributed by atoms with E-state index in [-0.39, 0.29) is 6.04 Å². The molecule has 0 N–H and O–H groups in total. The van der Waals surface area contributed by atoms with Crippen molar-refractivity contribution in [3.8, 4) is 0 Å². The SMILES string of the molecule is Cn1ccnc1CN1CCc2ncn(C)c2[C@H]1COCc1cccnc1. The lowest BCUT2D eigenvalue weighted by molar-refractivity contribution is 0.0363. The Kier molecular flexibility index (Phi) is 4.81. The van der Waals surface area contributed by atoms with Crippen LogP contribution in [0.5, 0.6) is 0 Å². The number of imidazole rings is 2. The fraction of sp³-hybridized carbons (Fsp3) is 0.421. The fourth-order valence-electron chi connectivity index (χ4n) is 3.56. The lowest BCUT2D eigenvalue weighted by Crippen LogP contribution is -2.39. The van der Waals surface area contributed by atoms with Crippen LogP contribution in [0.3, 0.4) is 0 Å². The molecule has 4 heterocycles. The number of hydrogen-bond acceptors (Lipinski definition) is 5. The summed E-state index contributed by atoms with van der Waals surface area (Å²) in [6, 6.07) is 4.14. The summed E-state index contributed by atoms with van der Waals surface area (Å²) in [6.07, 6.45) is 10.3. The molecule has 3 aromatic rings. The minimum Gasteiger partial charge on any atom is -0.375 e. The molecule has 3 aromatic heterocycles. The molecule has 1 atom stereocenters. The summed E-state index contributed by atoms with van der Waals surface area (Å²) in [6.45, 7) is 2.94. The third kappa shape index (κ3) is 3.40. The van der Waals surface area contributed by atoms with E-state index in [9.17, 15) is 0 Å². The number of aryl methyl sites for hydroxylation is 2. The van der Waals surface area contributed by atoms with Gasteiger partial charge >= 0.3 is 0 Å². The highest BCUT2D eigenvalue weighted by molar-refractivity contribution is 5.21. The van der Waals surface area contributed by atoms with Crippen LogP contribution >= 0.6 is 0 Å². The molecule has 0 amide bonds. The van der Waals surface area contributed by atoms with Crippen LogP contribution in [0.15, 0.2) is 43.2 Å². The first-order valence-electron chi connectivity index (χ1n) is 8.89. The molecule has 0 bridgehead atoms. The van der Waals surface area contributed by atoms with Gasteiger partial charge in [0.15, 0.2) is 0 Å². The van der Waals surface area contributed by atoms with E-state index in [4.69, 9.17) is 4.74 Å². The van der Waals surface area contributed by atoms with Crippen LogP contribution < -0.4 is 0 Å². The minimum absolute atomic E-state index is 0.166. The molecular formula is C19H24N6O. The number of nitrogens with zero attached hydrogens (tertiary/aromatic N) is 6. The Balaban J connectivity index is 1.51. The summed E-state index contributed by atoms with van der Waals surface area (Å²) in [4.78, 5) is 15.7. The van der Waals surface area contributed by atoms with E-state index in [0.717, 1.165) is 30.9 Å². The first kappa shape index (κ1) is 16.9. The molecule has 0 spiro atoms. The number of hydrogen-bond donors (Lipinski definition) is 0. The van der Waals surface area contributed by atoms with Crippen molar-refractivity contribution in [1.82, 2.24) is 29.0 Å². The molecule has 0 saturated heterocycles. The zero-order chi connectivity index (χ0) is 17.9. The van der Waals surface area contributed by atoms with E-state index in [1.807, 2.05) is 44.1 Å². The first-order chi connectivity index (χ1) is 12.7. The van der Waals surface area contributed by atoms with E-state index < -0.39 is 0 Å². The Morgan fingerprint density at radius 2 is 2.12 bits per heavy atom. The first-order valence-corrected chi connectivity index (χ1v) is 8.89. The maximum Gasteiger partial charge on any atom is 0.122 e. The van der Waals surface area contributed by atoms with Crippen LogP contribution in [0.2, 0.25) is 0 Å². The summed E-state index contributed by atoms with van der Waals surface area (Å²) in [5.74, 6) is 1.06. The molecular weight excluding hydrogens is 328 g/mol. The molecule has 7 heteroatoms. The molecule has 0 saturated carbocycles. The zero-order valence-corrected chi connectivity index (χ0v) is 15.2. The van der Waals surface area contributed by atoms with Crippen molar-refractivity contribution in [3.63, 3.8) is 0 Å². The Morgan fingerprint density at radius 3 is 2.88 bits per heavy atom. The van der Waals surface area contributed by atoms with Crippen LogP contribution in [-0.4, -0.2) is 42.1 Å². The number of aromatic nitrogens is 5.